The van der Waals surface area contributed by atoms with Gasteiger partial charge in [-0.1, -0.05) is 42.5 Å². The third kappa shape index (κ3) is 3.49. The number of amides is 2. The summed E-state index contributed by atoms with van der Waals surface area (Å²) >= 11 is 4.48. The molecule has 5 nitrogen and oxygen atoms in total. The molecule has 4 atom stereocenters. The van der Waals surface area contributed by atoms with Gasteiger partial charge < -0.3 is 4.74 Å². The number of rotatable bonds is 5. The molecule has 5 rings (SSSR count). The lowest BCUT2D eigenvalue weighted by molar-refractivity contribution is -0.140. The van der Waals surface area contributed by atoms with E-state index < -0.39 is 0 Å². The average Bonchev–Trinajstić information content (AvgIpc) is 3.41. The van der Waals surface area contributed by atoms with Crippen molar-refractivity contribution in [1.29, 1.82) is 0 Å². The van der Waals surface area contributed by atoms with Crippen LogP contribution in [0.25, 0.3) is 0 Å². The number of carbonyl (C=O) groups is 2. The van der Waals surface area contributed by atoms with Gasteiger partial charge in [0.25, 0.3) is 11.8 Å². The molecular formula is C23H18I2N2O3. The van der Waals surface area contributed by atoms with Crippen molar-refractivity contribution in [1.82, 2.24) is 5.01 Å². The first-order valence-corrected chi connectivity index (χ1v) is 11.9. The third-order valence-electron chi connectivity index (χ3n) is 6.02. The van der Waals surface area contributed by atoms with Gasteiger partial charge in [0.05, 0.1) is 25.2 Å². The minimum atomic E-state index is -0.223. The van der Waals surface area contributed by atoms with Gasteiger partial charge in [0, 0.05) is 0 Å². The van der Waals surface area contributed by atoms with Crippen LogP contribution in [0.1, 0.15) is 17.5 Å². The smallest absolute Gasteiger partial charge is 0.254 e. The van der Waals surface area contributed by atoms with Gasteiger partial charge in [-0.3, -0.25) is 9.59 Å². The highest BCUT2D eigenvalue weighted by Gasteiger charge is 2.59. The van der Waals surface area contributed by atoms with Crippen LogP contribution in [0, 0.1) is 30.8 Å². The first-order chi connectivity index (χ1) is 14.5. The molecule has 7 heteroatoms. The predicted molar refractivity (Wildman–Crippen MR) is 130 cm³/mol. The van der Waals surface area contributed by atoms with E-state index in [1.165, 1.54) is 0 Å². The number of nitrogens with zero attached hydrogens (tertiary/aromatic N) is 2. The second-order valence-corrected chi connectivity index (χ2v) is 10.1. The number of allylic oxidation sites excluding steroid dienone is 2. The van der Waals surface area contributed by atoms with Gasteiger partial charge in [0.2, 0.25) is 0 Å². The molecule has 152 valence electrons. The van der Waals surface area contributed by atoms with E-state index in [-0.39, 0.29) is 35.5 Å². The Morgan fingerprint density at radius 2 is 1.60 bits per heavy atom. The Balaban J connectivity index is 1.31. The zero-order valence-electron chi connectivity index (χ0n) is 15.9. The maximum atomic E-state index is 12.8. The van der Waals surface area contributed by atoms with Crippen molar-refractivity contribution in [2.45, 2.75) is 13.0 Å². The van der Waals surface area contributed by atoms with Crippen LogP contribution in [-0.2, 0) is 16.2 Å². The number of ether oxygens (including phenoxy) is 1. The molecule has 1 saturated carbocycles. The highest BCUT2D eigenvalue weighted by atomic mass is 127. The molecule has 1 saturated heterocycles. The molecule has 30 heavy (non-hydrogen) atoms. The number of hydrogen-bond donors (Lipinski definition) is 0. The van der Waals surface area contributed by atoms with Crippen molar-refractivity contribution in [3.63, 3.8) is 0 Å². The molecule has 2 aromatic rings. The fraction of sp³-hybridized carbons (Fsp3) is 0.261. The molecule has 0 radical (unpaired) electrons. The molecule has 1 aliphatic heterocycles. The summed E-state index contributed by atoms with van der Waals surface area (Å²) in [5, 5.41) is 5.36. The number of hydrazone groups is 1. The Morgan fingerprint density at radius 1 is 1.00 bits per heavy atom. The van der Waals surface area contributed by atoms with Crippen molar-refractivity contribution >= 4 is 63.2 Å². The number of benzene rings is 2. The van der Waals surface area contributed by atoms with Gasteiger partial charge in [-0.15, -0.1) is 0 Å². The maximum absolute atomic E-state index is 12.8. The molecule has 0 spiro atoms. The van der Waals surface area contributed by atoms with Gasteiger partial charge in [-0.05, 0) is 86.7 Å². The summed E-state index contributed by atoms with van der Waals surface area (Å²) in [4.78, 5) is 25.5. The number of imide groups is 1. The summed E-state index contributed by atoms with van der Waals surface area (Å²) in [6.07, 6.45) is 6.69. The van der Waals surface area contributed by atoms with Gasteiger partial charge in [-0.25, -0.2) is 0 Å². The minimum Gasteiger partial charge on any atom is -0.487 e. The van der Waals surface area contributed by atoms with Crippen molar-refractivity contribution in [3.8, 4) is 5.75 Å². The van der Waals surface area contributed by atoms with Crippen molar-refractivity contribution in [2.75, 3.05) is 0 Å². The van der Waals surface area contributed by atoms with Crippen LogP contribution in [0.4, 0.5) is 0 Å². The summed E-state index contributed by atoms with van der Waals surface area (Å²) in [5.41, 5.74) is 1.93. The van der Waals surface area contributed by atoms with Crippen LogP contribution < -0.4 is 4.74 Å². The lowest BCUT2D eigenvalue weighted by Crippen LogP contribution is -2.28. The van der Waals surface area contributed by atoms with E-state index in [1.54, 1.807) is 6.21 Å². The largest absolute Gasteiger partial charge is 0.487 e. The van der Waals surface area contributed by atoms with E-state index in [0.717, 1.165) is 35.4 Å². The van der Waals surface area contributed by atoms with Gasteiger partial charge in [0.15, 0.2) is 0 Å². The van der Waals surface area contributed by atoms with Gasteiger partial charge in [-0.2, -0.15) is 10.1 Å². The molecule has 2 aliphatic carbocycles. The highest BCUT2D eigenvalue weighted by Crippen LogP contribution is 2.52. The Morgan fingerprint density at radius 3 is 2.20 bits per heavy atom. The lowest BCUT2D eigenvalue weighted by Gasteiger charge is -2.13. The third-order valence-corrected chi connectivity index (χ3v) is 7.62. The Bertz CT molecular complexity index is 1030. The molecule has 2 bridgehead atoms. The average molecular weight is 624 g/mol. The zero-order chi connectivity index (χ0) is 20.8. The molecular weight excluding hydrogens is 606 g/mol. The van der Waals surface area contributed by atoms with E-state index in [2.05, 4.69) is 62.4 Å². The summed E-state index contributed by atoms with van der Waals surface area (Å²) < 4.78 is 7.92. The fourth-order valence-corrected chi connectivity index (χ4v) is 6.77. The van der Waals surface area contributed by atoms with Crippen LogP contribution in [0.2, 0.25) is 0 Å². The van der Waals surface area contributed by atoms with E-state index in [1.807, 2.05) is 42.5 Å². The van der Waals surface area contributed by atoms with Crippen molar-refractivity contribution in [2.24, 2.45) is 28.8 Å². The van der Waals surface area contributed by atoms with Crippen LogP contribution in [-0.4, -0.2) is 23.0 Å². The summed E-state index contributed by atoms with van der Waals surface area (Å²) in [6.45, 7) is 0.496. The monoisotopic (exact) mass is 624 g/mol. The lowest BCUT2D eigenvalue weighted by atomic mass is 9.85. The zero-order valence-corrected chi connectivity index (χ0v) is 20.2. The molecule has 2 amide bonds. The van der Waals surface area contributed by atoms with Crippen LogP contribution in [0.3, 0.4) is 0 Å². The van der Waals surface area contributed by atoms with Crippen LogP contribution in [0.5, 0.6) is 5.75 Å². The molecule has 0 aromatic heterocycles. The van der Waals surface area contributed by atoms with E-state index in [9.17, 15) is 9.59 Å². The summed E-state index contributed by atoms with van der Waals surface area (Å²) in [5.74, 6) is 0.440. The normalized spacial score (nSPS) is 26.8. The van der Waals surface area contributed by atoms with Crippen molar-refractivity contribution in [3.05, 3.63) is 72.9 Å². The minimum absolute atomic E-state index is 0.162. The molecule has 2 aromatic carbocycles. The number of carbonyl (C=O) groups excluding carboxylic acids is 2. The molecule has 2 fully saturated rings. The van der Waals surface area contributed by atoms with E-state index >= 15 is 0 Å². The predicted octanol–water partition coefficient (Wildman–Crippen LogP) is 4.62. The van der Waals surface area contributed by atoms with E-state index in [0.29, 0.717) is 6.61 Å². The first kappa shape index (κ1) is 20.2. The SMILES string of the molecule is O=C1[C@@H]2[C@H](C(=O)N1N=Cc1cc(I)c(OCc3ccccc3)c(I)c1)[C@H]1C=C[C@H]2C1. The molecule has 0 unspecified atom stereocenters. The highest BCUT2D eigenvalue weighted by molar-refractivity contribution is 14.1. The fourth-order valence-electron chi connectivity index (χ4n) is 4.65. The molecule has 3 aliphatic rings. The van der Waals surface area contributed by atoms with Crippen molar-refractivity contribution < 1.29 is 14.3 Å². The Labute approximate surface area is 201 Å². The van der Waals surface area contributed by atoms with Gasteiger partial charge in [0.1, 0.15) is 12.4 Å². The second-order valence-electron chi connectivity index (χ2n) is 7.82. The maximum Gasteiger partial charge on any atom is 0.254 e. The van der Waals surface area contributed by atoms with E-state index in [4.69, 9.17) is 4.74 Å². The molecule has 0 N–H and O–H groups in total. The Kier molecular flexibility index (Phi) is 5.42. The Hall–Kier alpha value is -1.75. The number of fused-ring (bicyclic) bond motifs is 5. The van der Waals surface area contributed by atoms with Crippen LogP contribution in [0.15, 0.2) is 59.7 Å². The second kappa shape index (κ2) is 8.07. The standard InChI is InChI=1S/C23H18I2N2O3/c24-17-8-14(9-18(25)21(17)30-12-13-4-2-1-3-5-13)11-26-27-22(28)19-15-6-7-16(10-15)20(19)23(27)29/h1-9,11,15-16,19-20H,10,12H2/t15-,16-,19-,20+/m0/s1. The first-order valence-electron chi connectivity index (χ1n) is 9.79. The number of halogens is 2. The summed E-state index contributed by atoms with van der Waals surface area (Å²) in [6, 6.07) is 13.9. The summed E-state index contributed by atoms with van der Waals surface area (Å²) in [7, 11) is 0. The number of hydrogen-bond acceptors (Lipinski definition) is 4. The molecule has 1 heterocycles. The van der Waals surface area contributed by atoms with Gasteiger partial charge >= 0.3 is 0 Å². The van der Waals surface area contributed by atoms with Crippen LogP contribution >= 0.6 is 45.2 Å². The topological polar surface area (TPSA) is 59.0 Å². The quantitative estimate of drug-likeness (QED) is 0.212.